The molecular weight excluding hydrogens is 288 g/mol. The fourth-order valence-corrected chi connectivity index (χ4v) is 5.09. The first kappa shape index (κ1) is 15.2. The molecule has 0 bridgehead atoms. The van der Waals surface area contributed by atoms with Crippen molar-refractivity contribution in [1.82, 2.24) is 9.47 Å². The molecule has 23 heavy (non-hydrogen) atoms. The zero-order valence-electron chi connectivity index (χ0n) is 14.2. The summed E-state index contributed by atoms with van der Waals surface area (Å²) in [5.74, 6) is 0.474. The van der Waals surface area contributed by atoms with E-state index in [1.807, 2.05) is 7.11 Å². The number of hydrogen-bond donors (Lipinski definition) is 1. The van der Waals surface area contributed by atoms with Crippen LogP contribution in [0.2, 0.25) is 0 Å². The summed E-state index contributed by atoms with van der Waals surface area (Å²) in [4.78, 5) is 2.45. The quantitative estimate of drug-likeness (QED) is 0.944. The van der Waals surface area contributed by atoms with Gasteiger partial charge in [-0.1, -0.05) is 12.1 Å². The molecule has 2 aliphatic rings. The van der Waals surface area contributed by atoms with E-state index >= 15 is 0 Å². The first-order chi connectivity index (χ1) is 11.1. The van der Waals surface area contributed by atoms with Crippen LogP contribution in [0.3, 0.4) is 0 Å². The zero-order chi connectivity index (χ0) is 16.2. The topological polar surface area (TPSA) is 37.6 Å². The molecule has 124 valence electrons. The van der Waals surface area contributed by atoms with Gasteiger partial charge >= 0.3 is 0 Å². The largest absolute Gasteiger partial charge is 0.396 e. The monoisotopic (exact) mass is 314 g/mol. The Hall–Kier alpha value is -1.36. The third-order valence-electron chi connectivity index (χ3n) is 6.07. The molecule has 0 radical (unpaired) electrons. The number of rotatable bonds is 3. The van der Waals surface area contributed by atoms with Crippen molar-refractivity contribution in [1.29, 1.82) is 0 Å². The maximum atomic E-state index is 9.41. The van der Waals surface area contributed by atoms with Gasteiger partial charge in [-0.2, -0.15) is 0 Å². The third kappa shape index (κ3) is 2.02. The van der Waals surface area contributed by atoms with Gasteiger partial charge in [0.15, 0.2) is 0 Å². The lowest BCUT2D eigenvalue weighted by Crippen LogP contribution is -2.59. The Morgan fingerprint density at radius 2 is 2.17 bits per heavy atom. The summed E-state index contributed by atoms with van der Waals surface area (Å²) in [6, 6.07) is 6.96. The second kappa shape index (κ2) is 5.33. The fourth-order valence-electron chi connectivity index (χ4n) is 5.09. The first-order valence-corrected chi connectivity index (χ1v) is 8.54. The first-order valence-electron chi connectivity index (χ1n) is 8.54. The molecule has 1 aliphatic heterocycles. The molecule has 2 aromatic rings. The molecular formula is C19H26N2O2. The molecule has 0 amide bonds. The van der Waals surface area contributed by atoms with E-state index in [2.05, 4.69) is 48.0 Å². The maximum absolute atomic E-state index is 9.41. The van der Waals surface area contributed by atoms with Gasteiger partial charge in [0.2, 0.25) is 0 Å². The lowest BCUT2D eigenvalue weighted by Gasteiger charge is -2.53. The molecule has 0 spiro atoms. The minimum Gasteiger partial charge on any atom is -0.396 e. The van der Waals surface area contributed by atoms with Crippen LogP contribution in [0.1, 0.15) is 24.0 Å². The highest BCUT2D eigenvalue weighted by molar-refractivity contribution is 5.89. The lowest BCUT2D eigenvalue weighted by atomic mass is 9.68. The second-order valence-electron chi connectivity index (χ2n) is 7.30. The van der Waals surface area contributed by atoms with Crippen molar-refractivity contribution in [3.05, 3.63) is 35.5 Å². The van der Waals surface area contributed by atoms with E-state index < -0.39 is 0 Å². The molecule has 4 heteroatoms. The molecule has 4 nitrogen and oxygen atoms in total. The summed E-state index contributed by atoms with van der Waals surface area (Å²) >= 11 is 0. The van der Waals surface area contributed by atoms with Crippen molar-refractivity contribution in [3.8, 4) is 0 Å². The molecule has 1 aromatic carbocycles. The van der Waals surface area contributed by atoms with Gasteiger partial charge < -0.3 is 14.4 Å². The highest BCUT2D eigenvalue weighted by atomic mass is 16.5. The number of aryl methyl sites for hydroxylation is 1. The van der Waals surface area contributed by atoms with Crippen molar-refractivity contribution < 1.29 is 9.84 Å². The van der Waals surface area contributed by atoms with Crippen molar-refractivity contribution in [2.45, 2.75) is 30.9 Å². The molecule has 1 saturated heterocycles. The summed E-state index contributed by atoms with van der Waals surface area (Å²) in [7, 11) is 6.19. The predicted octanol–water partition coefficient (Wildman–Crippen LogP) is 2.28. The molecule has 1 fully saturated rings. The number of aliphatic hydroxyl groups is 1. The molecule has 1 N–H and O–H groups in total. The molecule has 1 aliphatic carbocycles. The number of benzene rings is 1. The predicted molar refractivity (Wildman–Crippen MR) is 91.5 cm³/mol. The van der Waals surface area contributed by atoms with Crippen molar-refractivity contribution in [3.63, 3.8) is 0 Å². The van der Waals surface area contributed by atoms with Crippen LogP contribution in [-0.4, -0.2) is 47.9 Å². The number of fused-ring (bicyclic) bond motifs is 2. The van der Waals surface area contributed by atoms with E-state index in [4.69, 9.17) is 4.74 Å². The number of likely N-dealkylation sites (N-methyl/N-ethyl adjacent to an activating group) is 1. The Morgan fingerprint density at radius 1 is 1.35 bits per heavy atom. The lowest BCUT2D eigenvalue weighted by molar-refractivity contribution is -0.127. The van der Waals surface area contributed by atoms with E-state index in [0.717, 1.165) is 25.8 Å². The second-order valence-corrected chi connectivity index (χ2v) is 7.30. The van der Waals surface area contributed by atoms with Crippen molar-refractivity contribution in [2.75, 3.05) is 27.3 Å². The molecule has 1 unspecified atom stereocenters. The Labute approximate surface area is 137 Å². The summed E-state index contributed by atoms with van der Waals surface area (Å²) < 4.78 is 8.49. The maximum Gasteiger partial charge on any atom is 0.109 e. The molecule has 2 heterocycles. The standard InChI is InChI=1S/C19H26N2O2/c1-20-12-14-9-17-19(23-3,10-13(7-8-22)11-21(17)2)15-5-4-6-16(20)18(14)15/h4-6,12-13,17,22H,7-11H2,1-3H3/t13?,17-,19+/m1/s1. The van der Waals surface area contributed by atoms with Gasteiger partial charge in [0.05, 0.1) is 0 Å². The number of piperidine rings is 1. The van der Waals surface area contributed by atoms with E-state index in [9.17, 15) is 5.11 Å². The minimum absolute atomic E-state index is 0.254. The van der Waals surface area contributed by atoms with Crippen LogP contribution in [0.25, 0.3) is 10.9 Å². The van der Waals surface area contributed by atoms with E-state index in [1.165, 1.54) is 22.0 Å². The average Bonchev–Trinajstić information content (AvgIpc) is 2.87. The van der Waals surface area contributed by atoms with E-state index in [-0.39, 0.29) is 12.2 Å². The van der Waals surface area contributed by atoms with E-state index in [0.29, 0.717) is 12.0 Å². The number of aromatic nitrogens is 1. The Kier molecular flexibility index (Phi) is 3.52. The highest BCUT2D eigenvalue weighted by Gasteiger charge is 2.51. The number of ether oxygens (including phenoxy) is 1. The van der Waals surface area contributed by atoms with Crippen LogP contribution >= 0.6 is 0 Å². The summed E-state index contributed by atoms with van der Waals surface area (Å²) in [6.45, 7) is 1.29. The Balaban J connectivity index is 1.92. The van der Waals surface area contributed by atoms with Gasteiger partial charge in [-0.3, -0.25) is 4.90 Å². The van der Waals surface area contributed by atoms with Gasteiger partial charge in [0.1, 0.15) is 5.60 Å². The van der Waals surface area contributed by atoms with Gasteiger partial charge in [-0.15, -0.1) is 0 Å². The van der Waals surface area contributed by atoms with E-state index in [1.54, 1.807) is 0 Å². The van der Waals surface area contributed by atoms with Gasteiger partial charge in [-0.25, -0.2) is 0 Å². The van der Waals surface area contributed by atoms with Crippen molar-refractivity contribution >= 4 is 10.9 Å². The Morgan fingerprint density at radius 3 is 2.91 bits per heavy atom. The molecule has 3 atom stereocenters. The SMILES string of the molecule is CO[C@]12CC(CCO)CN(C)[C@@H]1Cc1cn(C)c3cccc2c13. The molecule has 0 saturated carbocycles. The van der Waals surface area contributed by atoms with Gasteiger partial charge in [0, 0.05) is 50.5 Å². The van der Waals surface area contributed by atoms with Crippen LogP contribution in [0.4, 0.5) is 0 Å². The van der Waals surface area contributed by atoms with Crippen LogP contribution in [-0.2, 0) is 23.8 Å². The zero-order valence-corrected chi connectivity index (χ0v) is 14.2. The summed E-state index contributed by atoms with van der Waals surface area (Å²) in [6.07, 6.45) is 5.15. The average molecular weight is 314 g/mol. The van der Waals surface area contributed by atoms with Crippen LogP contribution in [0, 0.1) is 5.92 Å². The van der Waals surface area contributed by atoms with Crippen LogP contribution < -0.4 is 0 Å². The van der Waals surface area contributed by atoms with Gasteiger partial charge in [0.25, 0.3) is 0 Å². The summed E-state index contributed by atoms with van der Waals surface area (Å²) in [5, 5.41) is 10.8. The number of nitrogens with zero attached hydrogens (tertiary/aromatic N) is 2. The number of likely N-dealkylation sites (tertiary alicyclic amines) is 1. The van der Waals surface area contributed by atoms with Crippen LogP contribution in [0.5, 0.6) is 0 Å². The third-order valence-corrected chi connectivity index (χ3v) is 6.07. The smallest absolute Gasteiger partial charge is 0.109 e. The Bertz CT molecular complexity index is 738. The van der Waals surface area contributed by atoms with Crippen LogP contribution in [0.15, 0.2) is 24.4 Å². The number of aliphatic hydroxyl groups excluding tert-OH is 1. The van der Waals surface area contributed by atoms with Crippen molar-refractivity contribution in [2.24, 2.45) is 13.0 Å². The molecule has 4 rings (SSSR count). The summed E-state index contributed by atoms with van der Waals surface area (Å²) in [5.41, 5.74) is 3.79. The number of methoxy groups -OCH3 is 1. The fraction of sp³-hybridized carbons (Fsp3) is 0.579. The number of hydrogen-bond acceptors (Lipinski definition) is 3. The normalized spacial score (nSPS) is 30.6. The highest BCUT2D eigenvalue weighted by Crippen LogP contribution is 2.50. The van der Waals surface area contributed by atoms with Gasteiger partial charge in [-0.05, 0) is 49.4 Å². The molecule has 1 aromatic heterocycles. The minimum atomic E-state index is -0.263.